The van der Waals surface area contributed by atoms with Gasteiger partial charge in [0.1, 0.15) is 0 Å². The summed E-state index contributed by atoms with van der Waals surface area (Å²) in [5.74, 6) is 0. The van der Waals surface area contributed by atoms with E-state index in [1.807, 2.05) is 0 Å². The van der Waals surface area contributed by atoms with Crippen molar-refractivity contribution < 1.29 is 52.1 Å². The summed E-state index contributed by atoms with van der Waals surface area (Å²) in [6.07, 6.45) is 0. The van der Waals surface area contributed by atoms with Crippen molar-refractivity contribution in [3.63, 3.8) is 0 Å². The van der Waals surface area contributed by atoms with Crippen molar-refractivity contribution in [2.24, 2.45) is 0 Å². The summed E-state index contributed by atoms with van der Waals surface area (Å²) in [7, 11) is 0. The molecule has 0 atom stereocenters. The maximum absolute atomic E-state index is 10.6. The van der Waals surface area contributed by atoms with Crippen molar-refractivity contribution in [3.05, 3.63) is 252 Å². The molecule has 0 aromatic heterocycles. The van der Waals surface area contributed by atoms with Crippen molar-refractivity contribution in [2.45, 2.75) is 5.41 Å². The van der Waals surface area contributed by atoms with Crippen molar-refractivity contribution in [2.75, 3.05) is 0 Å². The van der Waals surface area contributed by atoms with Crippen LogP contribution in [0.15, 0.2) is 230 Å². The molecule has 0 heteroatoms. The summed E-state index contributed by atoms with van der Waals surface area (Å²) < 4.78 is 357. The molecule has 0 saturated heterocycles. The topological polar surface area (TPSA) is 0 Å². The summed E-state index contributed by atoms with van der Waals surface area (Å²) in [6.45, 7) is 0. The summed E-state index contributed by atoms with van der Waals surface area (Å²) >= 11 is 0. The fourth-order valence-corrected chi connectivity index (χ4v) is 7.69. The van der Waals surface area contributed by atoms with Crippen LogP contribution in [0.25, 0.3) is 87.6 Å². The maximum atomic E-state index is 10.6. The third-order valence-electron chi connectivity index (χ3n) is 10.1. The monoisotopic (exact) mass is 785 g/mol. The van der Waals surface area contributed by atoms with Gasteiger partial charge in [-0.2, -0.15) is 0 Å². The van der Waals surface area contributed by atoms with Crippen LogP contribution >= 0.6 is 0 Å². The van der Waals surface area contributed by atoms with E-state index >= 15 is 0 Å². The third kappa shape index (κ3) is 5.03. The molecule has 11 aromatic carbocycles. The van der Waals surface area contributed by atoms with Gasteiger partial charge in [0, 0.05) is 0 Å². The zero-order valence-electron chi connectivity index (χ0n) is 67.5. The molecule has 0 heterocycles. The second-order valence-corrected chi connectivity index (χ2v) is 13.0. The highest BCUT2D eigenvalue weighted by molar-refractivity contribution is 6.20. The van der Waals surface area contributed by atoms with Crippen LogP contribution in [0.3, 0.4) is 0 Å². The van der Waals surface area contributed by atoms with Gasteiger partial charge in [0.05, 0.1) is 57.5 Å². The Morgan fingerprint density at radius 1 is 0.288 bits per heavy atom. The van der Waals surface area contributed by atoms with Crippen LogP contribution in [-0.2, 0) is 5.41 Å². The lowest BCUT2D eigenvalue weighted by molar-refractivity contribution is 0.750. The molecule has 0 fully saturated rings. The molecule has 0 saturated carbocycles. The fraction of sp³-hybridized carbons (Fsp3) is 0.0169. The van der Waals surface area contributed by atoms with Gasteiger partial charge in [0.25, 0.3) is 0 Å². The molecule has 59 heavy (non-hydrogen) atoms. The van der Waals surface area contributed by atoms with E-state index in [0.29, 0.717) is 0 Å². The summed E-state index contributed by atoms with van der Waals surface area (Å²) in [6, 6.07) is -45.3. The molecule has 274 valence electrons. The van der Waals surface area contributed by atoms with Gasteiger partial charge in [0.15, 0.2) is 0 Å². The minimum atomic E-state index is -3.58. The molecule has 1 aliphatic rings. The first kappa shape index (κ1) is 13.0. The normalized spacial score (nSPS) is 21.9. The molecule has 1 aliphatic carbocycles. The van der Waals surface area contributed by atoms with Crippen LogP contribution < -0.4 is 0 Å². The first-order chi connectivity index (χ1) is 45.1. The highest BCUT2D eigenvalue weighted by Gasteiger charge is 2.44. The molecule has 0 aliphatic heterocycles. The number of hydrogen-bond acceptors (Lipinski definition) is 0. The number of benzene rings is 11. The Kier molecular flexibility index (Phi) is 2.92. The van der Waals surface area contributed by atoms with E-state index in [0.717, 1.165) is 0 Å². The van der Waals surface area contributed by atoms with Crippen LogP contribution in [0, 0.1) is 0 Å². The second kappa shape index (κ2) is 13.3. The molecule has 0 unspecified atom stereocenters. The molecule has 0 N–H and O–H groups in total. The zero-order chi connectivity index (χ0) is 72.0. The van der Waals surface area contributed by atoms with Crippen molar-refractivity contribution >= 4 is 43.1 Å². The van der Waals surface area contributed by atoms with Gasteiger partial charge in [0.2, 0.25) is 0 Å². The van der Waals surface area contributed by atoms with E-state index < -0.39 is 345 Å². The highest BCUT2D eigenvalue weighted by atomic mass is 14.4. The third-order valence-corrected chi connectivity index (χ3v) is 10.1. The molecular formula is C59H38. The van der Waals surface area contributed by atoms with E-state index in [1.165, 1.54) is 0 Å². The van der Waals surface area contributed by atoms with E-state index in [-0.39, 0.29) is 0 Å². The van der Waals surface area contributed by atoms with E-state index in [2.05, 4.69) is 0 Å². The Balaban J connectivity index is 1.48. The van der Waals surface area contributed by atoms with Gasteiger partial charge in [-0.25, -0.2) is 0 Å². The zero-order valence-corrected chi connectivity index (χ0v) is 29.5. The van der Waals surface area contributed by atoms with E-state index in [9.17, 15) is 30.2 Å². The van der Waals surface area contributed by atoms with Gasteiger partial charge in [-0.3, -0.25) is 0 Å². The minimum absolute atomic E-state index is 0.717. The molecule has 11 aromatic rings. The van der Waals surface area contributed by atoms with Crippen molar-refractivity contribution in [1.82, 2.24) is 0 Å². The average molecular weight is 785 g/mol. The lowest BCUT2D eigenvalue weighted by Crippen LogP contribution is -2.33. The molecule has 0 spiro atoms. The maximum Gasteiger partial charge on any atom is 0.0713 e. The van der Waals surface area contributed by atoms with Crippen molar-refractivity contribution in [3.8, 4) is 44.5 Å². The molecular weight excluding hydrogens is 709 g/mol. The van der Waals surface area contributed by atoms with Crippen LogP contribution in [-0.4, -0.2) is 0 Å². The smallest absolute Gasteiger partial charge is 0.0622 e. The standard InChI is InChI=1S/C59H38/c1-4-17-39(18-5-1)42-35-43(37-44(36-42)57-49-26-13-11-20-41(49)38-54-47-25-12-10-19-40(47)31-32-53(54)57)48-33-34-56-58-51(48)28-16-29-52(58)50-27-14-15-30-55(50)59(56,45-21-6-2-7-22-45)46-23-8-3-9-24-46/h1-38H/i1D,2D,3D,4D,5D,6D,7D,8D,9D,10D,11D,12D,13D,14D,15D,16D,17D,18D,19D,20D,21D,22D,23D,24D,25D,26D,27D,28D,29D,30D,31D,32D,33D,34D,35D,36D,37D,38D. The first-order valence-electron chi connectivity index (χ1n) is 36.5. The van der Waals surface area contributed by atoms with Crippen LogP contribution in [0.2, 0.25) is 0 Å². The molecule has 0 amide bonds. The lowest BCUT2D eigenvalue weighted by atomic mass is 9.59. The number of hydrogen-bond donors (Lipinski definition) is 0. The van der Waals surface area contributed by atoms with E-state index in [4.69, 9.17) is 21.9 Å². The number of rotatable bonds is 5. The lowest BCUT2D eigenvalue weighted by Gasteiger charge is -2.42. The van der Waals surface area contributed by atoms with Gasteiger partial charge in [-0.15, -0.1) is 0 Å². The van der Waals surface area contributed by atoms with E-state index in [1.54, 1.807) is 0 Å². The summed E-state index contributed by atoms with van der Waals surface area (Å²) in [5, 5.41) is -6.99. The van der Waals surface area contributed by atoms with Gasteiger partial charge < -0.3 is 0 Å². The molecule has 12 rings (SSSR count). The Hall–Kier alpha value is -7.54. The molecule has 0 nitrogen and oxygen atoms in total. The quantitative estimate of drug-likeness (QED) is 0.120. The minimum Gasteiger partial charge on any atom is -0.0622 e. The largest absolute Gasteiger partial charge is 0.0713 e. The van der Waals surface area contributed by atoms with Crippen LogP contribution in [0.1, 0.15) is 74.3 Å². The summed E-state index contributed by atoms with van der Waals surface area (Å²) in [5.41, 5.74) is -17.1. The number of fused-ring (bicyclic) bond motifs is 6. The van der Waals surface area contributed by atoms with Crippen LogP contribution in [0.5, 0.6) is 0 Å². The van der Waals surface area contributed by atoms with Gasteiger partial charge in [-0.1, -0.05) is 205 Å². The molecule has 0 bridgehead atoms. The van der Waals surface area contributed by atoms with Crippen molar-refractivity contribution in [1.29, 1.82) is 0 Å². The molecule has 0 radical (unpaired) electrons. The Labute approximate surface area is 397 Å². The van der Waals surface area contributed by atoms with Gasteiger partial charge >= 0.3 is 0 Å². The second-order valence-electron chi connectivity index (χ2n) is 13.0. The highest BCUT2D eigenvalue weighted by Crippen LogP contribution is 2.56. The predicted molar refractivity (Wildman–Crippen MR) is 250 cm³/mol. The predicted octanol–water partition coefficient (Wildman–Crippen LogP) is 15.7. The fourth-order valence-electron chi connectivity index (χ4n) is 7.69. The SMILES string of the molecule is [2H]c1c([2H])c([2H])c(-c2c([2H])c(-c3c([2H])c([2H])c4c5c(c([2H])c([2H])c([2H])c35)-c3c([2H])c([2H])c([2H])c([2H])c3C4(c3c([2H])c([2H])c([2H])c([2H])c3[2H])c3c([2H])c([2H])c([2H])c([2H])c3[2H])c([2H])c(-c3c4c([2H])c([2H])c([2H])c([2H])c4c([2H])c4c3c([2H])c([2H])c3c([2H])c([2H])c([2H])c([2H])c34)c2[2H])c([2H])c1[2H]. The van der Waals surface area contributed by atoms with Crippen LogP contribution in [0.4, 0.5) is 0 Å². The first-order valence-corrected chi connectivity index (χ1v) is 17.5. The Morgan fingerprint density at radius 3 is 1.66 bits per heavy atom. The summed E-state index contributed by atoms with van der Waals surface area (Å²) in [4.78, 5) is 0. The van der Waals surface area contributed by atoms with Gasteiger partial charge in [-0.05, 0) is 134 Å². The Morgan fingerprint density at radius 2 is 0.881 bits per heavy atom. The average Bonchev–Trinajstić information content (AvgIpc) is 0.658. The Bertz CT molecular complexity index is 5520.